The third-order valence-corrected chi connectivity index (χ3v) is 5.15. The summed E-state index contributed by atoms with van der Waals surface area (Å²) in [5, 5.41) is 5.72. The molecule has 0 saturated heterocycles. The summed E-state index contributed by atoms with van der Waals surface area (Å²) >= 11 is 0. The van der Waals surface area contributed by atoms with Gasteiger partial charge in [0.15, 0.2) is 0 Å². The number of benzene rings is 3. The highest BCUT2D eigenvalue weighted by Crippen LogP contribution is 2.18. The van der Waals surface area contributed by atoms with E-state index >= 15 is 0 Å². The van der Waals surface area contributed by atoms with Gasteiger partial charge in [0.1, 0.15) is 6.54 Å². The lowest BCUT2D eigenvalue weighted by Gasteiger charge is -2.17. The zero-order chi connectivity index (χ0) is 22.5. The van der Waals surface area contributed by atoms with Crippen LogP contribution in [0.3, 0.4) is 0 Å². The molecule has 0 fully saturated rings. The van der Waals surface area contributed by atoms with Crippen LogP contribution in [0.25, 0.3) is 11.0 Å². The van der Waals surface area contributed by atoms with Gasteiger partial charge in [0.2, 0.25) is 5.91 Å². The molecule has 4 aromatic rings. The number of aromatic nitrogens is 2. The Bertz CT molecular complexity index is 1330. The second-order valence-corrected chi connectivity index (χ2v) is 7.37. The van der Waals surface area contributed by atoms with E-state index in [1.807, 2.05) is 43.3 Å². The number of carbonyl (C=O) groups excluding carboxylic acids is 2. The van der Waals surface area contributed by atoms with Crippen molar-refractivity contribution in [3.8, 4) is 0 Å². The number of anilines is 1. The van der Waals surface area contributed by atoms with Gasteiger partial charge in [-0.3, -0.25) is 19.0 Å². The van der Waals surface area contributed by atoms with Gasteiger partial charge in [0.25, 0.3) is 11.5 Å². The monoisotopic (exact) mass is 426 g/mol. The van der Waals surface area contributed by atoms with Crippen LogP contribution in [-0.4, -0.2) is 21.4 Å². The lowest BCUT2D eigenvalue weighted by Crippen LogP contribution is -2.30. The van der Waals surface area contributed by atoms with E-state index in [0.717, 1.165) is 5.56 Å². The van der Waals surface area contributed by atoms with E-state index in [-0.39, 0.29) is 24.1 Å². The summed E-state index contributed by atoms with van der Waals surface area (Å²) in [4.78, 5) is 42.1. The molecular formula is C25H22N4O3. The molecule has 0 aliphatic heterocycles. The predicted molar refractivity (Wildman–Crippen MR) is 123 cm³/mol. The van der Waals surface area contributed by atoms with Gasteiger partial charge in [0, 0.05) is 0 Å². The van der Waals surface area contributed by atoms with Gasteiger partial charge in [-0.2, -0.15) is 0 Å². The first-order valence-electron chi connectivity index (χ1n) is 10.2. The number of para-hydroxylation sites is 3. The van der Waals surface area contributed by atoms with Crippen LogP contribution in [0.15, 0.2) is 89.9 Å². The first kappa shape index (κ1) is 21.0. The summed E-state index contributed by atoms with van der Waals surface area (Å²) < 4.78 is 1.36. The zero-order valence-corrected chi connectivity index (χ0v) is 17.5. The second-order valence-electron chi connectivity index (χ2n) is 7.37. The fourth-order valence-corrected chi connectivity index (χ4v) is 3.50. The van der Waals surface area contributed by atoms with Gasteiger partial charge in [-0.05, 0) is 36.8 Å². The smallest absolute Gasteiger partial charge is 0.269 e. The minimum atomic E-state index is -0.417. The molecule has 0 aliphatic carbocycles. The Balaban J connectivity index is 1.52. The van der Waals surface area contributed by atoms with Gasteiger partial charge in [-0.25, -0.2) is 4.98 Å². The maximum atomic E-state index is 12.9. The number of nitrogens with zero attached hydrogens (tertiary/aromatic N) is 2. The minimum Gasteiger partial charge on any atom is -0.345 e. The van der Waals surface area contributed by atoms with Crippen LogP contribution in [0.5, 0.6) is 0 Å². The lowest BCUT2D eigenvalue weighted by atomic mass is 10.1. The Morgan fingerprint density at radius 1 is 0.938 bits per heavy atom. The van der Waals surface area contributed by atoms with Crippen LogP contribution in [0.4, 0.5) is 5.69 Å². The highest BCUT2D eigenvalue weighted by atomic mass is 16.2. The van der Waals surface area contributed by atoms with Crippen molar-refractivity contribution in [2.24, 2.45) is 0 Å². The van der Waals surface area contributed by atoms with Crippen molar-refractivity contribution in [1.29, 1.82) is 0 Å². The van der Waals surface area contributed by atoms with E-state index in [1.54, 1.807) is 42.5 Å². The van der Waals surface area contributed by atoms with Crippen LogP contribution in [-0.2, 0) is 11.3 Å². The number of fused-ring (bicyclic) bond motifs is 1. The summed E-state index contributed by atoms with van der Waals surface area (Å²) in [6.07, 6.45) is 1.20. The quantitative estimate of drug-likeness (QED) is 0.493. The minimum absolute atomic E-state index is 0.196. The number of carbonyl (C=O) groups is 2. The van der Waals surface area contributed by atoms with E-state index in [9.17, 15) is 14.4 Å². The topological polar surface area (TPSA) is 93.1 Å². The summed E-state index contributed by atoms with van der Waals surface area (Å²) in [5.74, 6) is -0.719. The van der Waals surface area contributed by atoms with Crippen molar-refractivity contribution >= 4 is 28.5 Å². The van der Waals surface area contributed by atoms with Crippen molar-refractivity contribution in [3.63, 3.8) is 0 Å². The van der Waals surface area contributed by atoms with E-state index in [1.165, 1.54) is 10.8 Å². The molecule has 0 spiro atoms. The maximum Gasteiger partial charge on any atom is 0.269 e. The molecule has 2 N–H and O–H groups in total. The molecule has 7 heteroatoms. The first-order valence-corrected chi connectivity index (χ1v) is 10.2. The molecule has 3 aromatic carbocycles. The van der Waals surface area contributed by atoms with Gasteiger partial charge in [0.05, 0.1) is 34.5 Å². The van der Waals surface area contributed by atoms with Crippen LogP contribution in [0, 0.1) is 0 Å². The second kappa shape index (κ2) is 9.26. The number of hydrogen-bond acceptors (Lipinski definition) is 4. The molecular weight excluding hydrogens is 404 g/mol. The molecule has 1 unspecified atom stereocenters. The first-order chi connectivity index (χ1) is 15.5. The summed E-state index contributed by atoms with van der Waals surface area (Å²) in [6.45, 7) is 1.70. The molecule has 2 amide bonds. The standard InChI is InChI=1S/C25H22N4O3/c1-17(18-9-3-2-4-10-18)27-25(32)19-11-5-6-12-20(19)28-23(30)16-29-22-14-8-7-13-21(22)26-15-24(29)31/h2-15,17H,16H2,1H3,(H,27,32)(H,28,30). The summed E-state index contributed by atoms with van der Waals surface area (Å²) in [7, 11) is 0. The SMILES string of the molecule is CC(NC(=O)c1ccccc1NC(=O)Cn1c(=O)cnc2ccccc21)c1ccccc1. The molecule has 160 valence electrons. The molecule has 1 aromatic heterocycles. The Labute approximate surface area is 184 Å². The fourth-order valence-electron chi connectivity index (χ4n) is 3.50. The van der Waals surface area contributed by atoms with Crippen LogP contribution < -0.4 is 16.2 Å². The van der Waals surface area contributed by atoms with E-state index in [2.05, 4.69) is 15.6 Å². The number of hydrogen-bond donors (Lipinski definition) is 2. The van der Waals surface area contributed by atoms with Gasteiger partial charge < -0.3 is 10.6 Å². The third kappa shape index (κ3) is 4.57. The lowest BCUT2D eigenvalue weighted by molar-refractivity contribution is -0.116. The third-order valence-electron chi connectivity index (χ3n) is 5.15. The molecule has 32 heavy (non-hydrogen) atoms. The van der Waals surface area contributed by atoms with Crippen molar-refractivity contribution in [2.45, 2.75) is 19.5 Å². The largest absolute Gasteiger partial charge is 0.345 e. The van der Waals surface area contributed by atoms with Crippen molar-refractivity contribution in [2.75, 3.05) is 5.32 Å². The molecule has 0 radical (unpaired) electrons. The van der Waals surface area contributed by atoms with Crippen molar-refractivity contribution in [3.05, 3.63) is 107 Å². The number of nitrogens with one attached hydrogen (secondary N) is 2. The van der Waals surface area contributed by atoms with Crippen LogP contribution in [0.1, 0.15) is 28.9 Å². The van der Waals surface area contributed by atoms with Gasteiger partial charge >= 0.3 is 0 Å². The fraction of sp³-hybridized carbons (Fsp3) is 0.120. The Kier molecular flexibility index (Phi) is 6.07. The molecule has 1 heterocycles. The Morgan fingerprint density at radius 2 is 1.62 bits per heavy atom. The molecule has 4 rings (SSSR count). The van der Waals surface area contributed by atoms with Crippen molar-refractivity contribution < 1.29 is 9.59 Å². The molecule has 0 saturated carbocycles. The maximum absolute atomic E-state index is 12.9. The Hall–Kier alpha value is -4.26. The predicted octanol–water partition coefficient (Wildman–Crippen LogP) is 3.53. The van der Waals surface area contributed by atoms with E-state index < -0.39 is 5.91 Å². The van der Waals surface area contributed by atoms with Gasteiger partial charge in [-0.1, -0.05) is 54.6 Å². The van der Waals surface area contributed by atoms with Crippen LogP contribution in [0.2, 0.25) is 0 Å². The van der Waals surface area contributed by atoms with Gasteiger partial charge in [-0.15, -0.1) is 0 Å². The molecule has 7 nitrogen and oxygen atoms in total. The van der Waals surface area contributed by atoms with E-state index in [4.69, 9.17) is 0 Å². The highest BCUT2D eigenvalue weighted by molar-refractivity contribution is 6.04. The normalized spacial score (nSPS) is 11.7. The molecule has 1 atom stereocenters. The average Bonchev–Trinajstić information content (AvgIpc) is 2.82. The van der Waals surface area contributed by atoms with E-state index in [0.29, 0.717) is 22.3 Å². The number of rotatable bonds is 6. The Morgan fingerprint density at radius 3 is 2.44 bits per heavy atom. The van der Waals surface area contributed by atoms with Crippen LogP contribution >= 0.6 is 0 Å². The average molecular weight is 426 g/mol. The molecule has 0 bridgehead atoms. The highest BCUT2D eigenvalue weighted by Gasteiger charge is 2.17. The summed E-state index contributed by atoms with van der Waals surface area (Å²) in [5.41, 5.74) is 2.51. The number of amides is 2. The summed E-state index contributed by atoms with van der Waals surface area (Å²) in [6, 6.07) is 23.3. The zero-order valence-electron chi connectivity index (χ0n) is 17.5. The molecule has 0 aliphatic rings. The van der Waals surface area contributed by atoms with Crippen molar-refractivity contribution in [1.82, 2.24) is 14.9 Å².